The van der Waals surface area contributed by atoms with Gasteiger partial charge in [-0.05, 0) is 32.6 Å². The van der Waals surface area contributed by atoms with Gasteiger partial charge in [-0.3, -0.25) is 4.79 Å². The lowest BCUT2D eigenvalue weighted by Gasteiger charge is -2.23. The van der Waals surface area contributed by atoms with Crippen molar-refractivity contribution in [2.75, 3.05) is 0 Å². The molecule has 23 heavy (non-hydrogen) atoms. The molecular weight excluding hydrogens is 286 g/mol. The maximum absolute atomic E-state index is 14.2. The normalized spacial score (nSPS) is 38.4. The number of hydrogen-bond donors (Lipinski definition) is 0. The number of imidazole rings is 1. The summed E-state index contributed by atoms with van der Waals surface area (Å²) in [5, 5.41) is -0.886. The average molecular weight is 326 g/mol. The first-order valence-corrected chi connectivity index (χ1v) is 6.49. The van der Waals surface area contributed by atoms with Crippen LogP contribution in [-0.2, 0) is 19.8 Å². The highest BCUT2D eigenvalue weighted by Gasteiger charge is 2.32. The third-order valence-electron chi connectivity index (χ3n) is 3.34. The lowest BCUT2D eigenvalue weighted by atomic mass is 9.85. The van der Waals surface area contributed by atoms with Crippen LogP contribution in [0.1, 0.15) is 58.6 Å². The van der Waals surface area contributed by atoms with Gasteiger partial charge in [0.05, 0.1) is 15.3 Å². The van der Waals surface area contributed by atoms with Gasteiger partial charge in [-0.2, -0.15) is 0 Å². The van der Waals surface area contributed by atoms with Crippen molar-refractivity contribution in [3.63, 3.8) is 0 Å². The number of para-hydroxylation sites is 1. The van der Waals surface area contributed by atoms with E-state index in [1.54, 1.807) is 0 Å². The Morgan fingerprint density at radius 1 is 1.57 bits per heavy atom. The molecule has 118 valence electrons. The molecule has 1 aliphatic carbocycles. The summed E-state index contributed by atoms with van der Waals surface area (Å²) in [6.07, 6.45) is -8.74. The van der Waals surface area contributed by atoms with Crippen molar-refractivity contribution >= 4 is 16.7 Å². The van der Waals surface area contributed by atoms with Crippen LogP contribution in [0.25, 0.3) is 10.9 Å². The Hall–Kier alpha value is -2.36. The Morgan fingerprint density at radius 3 is 3.26 bits per heavy atom. The fraction of sp³-hybridized carbons (Fsp3) is 0.368. The molecule has 0 fully saturated rings. The van der Waals surface area contributed by atoms with Gasteiger partial charge in [0, 0.05) is 62.8 Å². The van der Waals surface area contributed by atoms with Gasteiger partial charge in [-0.15, -0.1) is 0 Å². The largest absolute Gasteiger partial charge is 0.347 e. The van der Waals surface area contributed by atoms with E-state index in [2.05, 4.69) is 4.98 Å². The third kappa shape index (κ3) is 2.12. The number of nitrogens with zero attached hydrogens (tertiary/aromatic N) is 3. The van der Waals surface area contributed by atoms with E-state index in [0.29, 0.717) is 0 Å². The van der Waals surface area contributed by atoms with E-state index >= 15 is 0 Å². The molecule has 0 amide bonds. The lowest BCUT2D eigenvalue weighted by Crippen LogP contribution is -2.27. The number of carbonyl (C=O) groups is 1. The standard InChI is InChI=1S/C19H21N3O/c1-12-10-22(13(2)20-12)11-14-8-9-17-18(19(14)23)15-6-4-5-7-16(15)21(17)3/h4-7,10,14H,8-9,11H2,1-3H3/i2D3,3D3,4D,5D,6D,7D,8D2,9D2,10D,11D2,14D. The molecule has 2 heterocycles. The van der Waals surface area contributed by atoms with E-state index in [1.165, 1.54) is 0 Å². The van der Waals surface area contributed by atoms with Crippen molar-refractivity contribution in [2.24, 2.45) is 12.9 Å². The summed E-state index contributed by atoms with van der Waals surface area (Å²) in [4.78, 5) is 17.9. The van der Waals surface area contributed by atoms with Crippen molar-refractivity contribution < 1.29 is 29.5 Å². The maximum Gasteiger partial charge on any atom is 0.170 e. The summed E-state index contributed by atoms with van der Waals surface area (Å²) < 4.78 is 150. The van der Waals surface area contributed by atoms with Crippen LogP contribution in [0.2, 0.25) is 0 Å². The molecule has 3 aromatic rings. The van der Waals surface area contributed by atoms with E-state index < -0.39 is 103 Å². The van der Waals surface area contributed by atoms with E-state index in [1.807, 2.05) is 0 Å². The predicted octanol–water partition coefficient (Wildman–Crippen LogP) is 3.44. The van der Waals surface area contributed by atoms with E-state index in [0.717, 1.165) is 6.92 Å². The van der Waals surface area contributed by atoms with Crippen LogP contribution >= 0.6 is 0 Å². The summed E-state index contributed by atoms with van der Waals surface area (Å²) in [5.41, 5.74) is -3.72. The monoisotopic (exact) mass is 325 g/mol. The highest BCUT2D eigenvalue weighted by molar-refractivity contribution is 6.11. The SMILES string of the molecule is [2H]c1c([2H])c([2H])c2c(c1[2H])c1c(n2C([2H])([2H])[2H])C([2H])([2H])C([2H])([2H])C([2H])(C([2H])([2H])n2c(C([2H])([2H])[2H])nc(C)c2[2H])C1=O. The minimum Gasteiger partial charge on any atom is -0.347 e. The van der Waals surface area contributed by atoms with Crippen molar-refractivity contribution in [3.8, 4) is 0 Å². The fourth-order valence-electron chi connectivity index (χ4n) is 2.36. The molecule has 0 aliphatic heterocycles. The molecule has 1 atom stereocenters. The number of carbonyl (C=O) groups excluding carboxylic acids is 1. The summed E-state index contributed by atoms with van der Waals surface area (Å²) in [7, 11) is 0. The molecule has 0 saturated carbocycles. The van der Waals surface area contributed by atoms with Gasteiger partial charge in [0.25, 0.3) is 0 Å². The van der Waals surface area contributed by atoms with Crippen molar-refractivity contribution in [2.45, 2.75) is 33.0 Å². The van der Waals surface area contributed by atoms with E-state index in [4.69, 9.17) is 24.7 Å². The molecule has 4 nitrogen and oxygen atoms in total. The van der Waals surface area contributed by atoms with Crippen LogP contribution in [0.3, 0.4) is 0 Å². The zero-order valence-corrected chi connectivity index (χ0v) is 11.7. The molecule has 0 radical (unpaired) electrons. The predicted molar refractivity (Wildman–Crippen MR) is 90.8 cm³/mol. The highest BCUT2D eigenvalue weighted by Crippen LogP contribution is 2.34. The second-order valence-corrected chi connectivity index (χ2v) is 4.82. The molecule has 0 spiro atoms. The molecule has 0 bridgehead atoms. The lowest BCUT2D eigenvalue weighted by molar-refractivity contribution is 0.0888. The zero-order valence-electron chi connectivity index (χ0n) is 29.7. The third-order valence-corrected chi connectivity index (χ3v) is 3.34. The van der Waals surface area contributed by atoms with Crippen LogP contribution in [-0.4, -0.2) is 19.9 Å². The van der Waals surface area contributed by atoms with Crippen LogP contribution in [0.5, 0.6) is 0 Å². The first kappa shape index (κ1) is 4.59. The second-order valence-electron chi connectivity index (χ2n) is 4.82. The minimum absolute atomic E-state index is 0.00255. The van der Waals surface area contributed by atoms with Crippen molar-refractivity contribution in [3.05, 3.63) is 53.1 Å². The van der Waals surface area contributed by atoms with Gasteiger partial charge >= 0.3 is 0 Å². The van der Waals surface area contributed by atoms with E-state index in [9.17, 15) is 4.79 Å². The van der Waals surface area contributed by atoms with Crippen LogP contribution in [0.15, 0.2) is 30.3 Å². The summed E-state index contributed by atoms with van der Waals surface area (Å²) >= 11 is 0. The van der Waals surface area contributed by atoms with Gasteiger partial charge in [0.15, 0.2) is 5.78 Å². The summed E-state index contributed by atoms with van der Waals surface area (Å²) in [6.45, 7) is -9.48. The minimum atomic E-state index is -4.01. The first-order valence-electron chi connectivity index (χ1n) is 15.5. The Kier molecular flexibility index (Phi) is 1.01. The Bertz CT molecular complexity index is 1640. The molecule has 1 aromatic carbocycles. The van der Waals surface area contributed by atoms with E-state index in [-0.39, 0.29) is 14.8 Å². The molecule has 2 aromatic heterocycles. The summed E-state index contributed by atoms with van der Waals surface area (Å²) in [6, 6.07) is -3.98. The highest BCUT2D eigenvalue weighted by atomic mass is 16.1. The van der Waals surface area contributed by atoms with Crippen molar-refractivity contribution in [1.29, 1.82) is 0 Å². The maximum atomic E-state index is 14.2. The number of rotatable bonds is 2. The van der Waals surface area contributed by atoms with Crippen LogP contribution < -0.4 is 0 Å². The molecule has 4 heteroatoms. The number of fused-ring (bicyclic) bond motifs is 3. The zero-order chi connectivity index (χ0) is 31.8. The first-order chi connectivity index (χ1) is 18.2. The van der Waals surface area contributed by atoms with Gasteiger partial charge in [-0.25, -0.2) is 4.98 Å². The quantitative estimate of drug-likeness (QED) is 0.724. The number of aromatic nitrogens is 3. The number of aryl methyl sites for hydroxylation is 3. The molecule has 4 rings (SSSR count). The Balaban J connectivity index is 2.29. The second kappa shape index (κ2) is 5.08. The molecule has 0 saturated heterocycles. The van der Waals surface area contributed by atoms with Gasteiger partial charge in [0.2, 0.25) is 0 Å². The van der Waals surface area contributed by atoms with Gasteiger partial charge < -0.3 is 9.13 Å². The fourth-order valence-corrected chi connectivity index (χ4v) is 2.36. The average Bonchev–Trinajstić information content (AvgIpc) is 3.35. The number of benzene rings is 1. The smallest absolute Gasteiger partial charge is 0.170 e. The number of Topliss-reactive ketones (excluding diaryl/α,β-unsaturated/α-hetero) is 1. The van der Waals surface area contributed by atoms with Crippen LogP contribution in [0.4, 0.5) is 0 Å². The topological polar surface area (TPSA) is 39.8 Å². The summed E-state index contributed by atoms with van der Waals surface area (Å²) in [5.74, 6) is -7.08. The number of hydrogen-bond acceptors (Lipinski definition) is 2. The Morgan fingerprint density at radius 2 is 2.43 bits per heavy atom. The van der Waals surface area contributed by atoms with Crippen molar-refractivity contribution in [1.82, 2.24) is 14.1 Å². The Labute approximate surface area is 161 Å². The molecular formula is C19H21N3O. The van der Waals surface area contributed by atoms with Gasteiger partial charge in [0.1, 0.15) is 5.82 Å². The van der Waals surface area contributed by atoms with Gasteiger partial charge in [-0.1, -0.05) is 18.1 Å². The van der Waals surface area contributed by atoms with Crippen LogP contribution in [0, 0.1) is 19.7 Å². The molecule has 0 N–H and O–H groups in total. The molecule has 1 unspecified atom stereocenters. The molecule has 1 aliphatic rings. The number of ketones is 1.